The molecule has 0 bridgehead atoms. The molecule has 1 aromatic carbocycles. The number of nitrogens with one attached hydrogen (secondary N) is 1. The van der Waals surface area contributed by atoms with Crippen molar-refractivity contribution in [3.8, 4) is 0 Å². The average molecular weight is 445 g/mol. The van der Waals surface area contributed by atoms with Gasteiger partial charge in [0.15, 0.2) is 0 Å². The topological polar surface area (TPSA) is 95.9 Å². The van der Waals surface area contributed by atoms with Gasteiger partial charge in [-0.1, -0.05) is 42.5 Å². The van der Waals surface area contributed by atoms with Crippen molar-refractivity contribution in [2.45, 2.75) is 51.6 Å². The van der Waals surface area contributed by atoms with Crippen molar-refractivity contribution in [3.63, 3.8) is 0 Å². The molecule has 2 amide bonds. The van der Waals surface area contributed by atoms with Crippen molar-refractivity contribution >= 4 is 17.8 Å². The highest BCUT2D eigenvalue weighted by atomic mass is 16.5. The molecule has 1 atom stereocenters. The number of aliphatic hydroxyl groups excluding tert-OH is 1. The molecule has 0 aliphatic heterocycles. The highest BCUT2D eigenvalue weighted by molar-refractivity contribution is 5.86. The Bertz CT molecular complexity index is 761. The van der Waals surface area contributed by atoms with Gasteiger partial charge in [-0.05, 0) is 32.3 Å². The van der Waals surface area contributed by atoms with Gasteiger partial charge < -0.3 is 20.1 Å². The fraction of sp³-hybridized carbons (Fsp3) is 0.480. The van der Waals surface area contributed by atoms with Gasteiger partial charge in [-0.15, -0.1) is 13.2 Å². The summed E-state index contributed by atoms with van der Waals surface area (Å²) >= 11 is 0. The predicted molar refractivity (Wildman–Crippen MR) is 124 cm³/mol. The zero-order chi connectivity index (χ0) is 24.0. The summed E-state index contributed by atoms with van der Waals surface area (Å²) < 4.78 is 5.24. The molecule has 0 aliphatic carbocycles. The summed E-state index contributed by atoms with van der Waals surface area (Å²) in [6.45, 7) is 11.2. The number of esters is 1. The van der Waals surface area contributed by atoms with Crippen molar-refractivity contribution in [1.82, 2.24) is 10.2 Å². The van der Waals surface area contributed by atoms with Crippen LogP contribution in [0.25, 0.3) is 0 Å². The van der Waals surface area contributed by atoms with Gasteiger partial charge in [0.25, 0.3) is 0 Å². The van der Waals surface area contributed by atoms with Crippen LogP contribution >= 0.6 is 0 Å². The van der Waals surface area contributed by atoms with E-state index in [1.165, 1.54) is 0 Å². The van der Waals surface area contributed by atoms with E-state index in [1.807, 2.05) is 30.3 Å². The van der Waals surface area contributed by atoms with Crippen molar-refractivity contribution in [2.24, 2.45) is 5.92 Å². The summed E-state index contributed by atoms with van der Waals surface area (Å²) in [5, 5.41) is 12.3. The first-order valence-electron chi connectivity index (χ1n) is 10.8. The smallest absolute Gasteiger partial charge is 0.306 e. The van der Waals surface area contributed by atoms with E-state index in [-0.39, 0.29) is 50.4 Å². The first-order chi connectivity index (χ1) is 15.2. The second-order valence-corrected chi connectivity index (χ2v) is 8.31. The summed E-state index contributed by atoms with van der Waals surface area (Å²) in [5.41, 5.74) is 0.150. The van der Waals surface area contributed by atoms with E-state index >= 15 is 0 Å². The van der Waals surface area contributed by atoms with Gasteiger partial charge in [-0.3, -0.25) is 14.4 Å². The van der Waals surface area contributed by atoms with Crippen molar-refractivity contribution in [1.29, 1.82) is 0 Å². The second-order valence-electron chi connectivity index (χ2n) is 8.31. The van der Waals surface area contributed by atoms with Crippen LogP contribution in [-0.2, 0) is 25.7 Å². The third-order valence-corrected chi connectivity index (χ3v) is 4.79. The van der Waals surface area contributed by atoms with Crippen molar-refractivity contribution < 1.29 is 24.2 Å². The molecule has 0 aromatic heterocycles. The van der Waals surface area contributed by atoms with Gasteiger partial charge >= 0.3 is 5.97 Å². The lowest BCUT2D eigenvalue weighted by molar-refractivity contribution is -0.146. The maximum absolute atomic E-state index is 12.9. The van der Waals surface area contributed by atoms with Gasteiger partial charge in [0, 0.05) is 25.9 Å². The number of aliphatic hydroxyl groups is 1. The third kappa shape index (κ3) is 10.4. The van der Waals surface area contributed by atoms with Crippen LogP contribution in [0.2, 0.25) is 0 Å². The van der Waals surface area contributed by atoms with E-state index in [0.29, 0.717) is 19.4 Å². The van der Waals surface area contributed by atoms with Crippen LogP contribution in [0.1, 0.15) is 45.1 Å². The van der Waals surface area contributed by atoms with E-state index in [9.17, 15) is 19.5 Å². The maximum atomic E-state index is 12.9. The molecule has 0 saturated carbocycles. The molecule has 7 nitrogen and oxygen atoms in total. The number of benzene rings is 1. The molecule has 0 spiro atoms. The van der Waals surface area contributed by atoms with E-state index in [4.69, 9.17) is 4.74 Å². The van der Waals surface area contributed by atoms with Gasteiger partial charge in [0.1, 0.15) is 6.61 Å². The maximum Gasteiger partial charge on any atom is 0.306 e. The largest absolute Gasteiger partial charge is 0.463 e. The number of carbonyl (C=O) groups excluding carboxylic acids is 3. The molecule has 2 N–H and O–H groups in total. The van der Waals surface area contributed by atoms with Gasteiger partial charge in [-0.25, -0.2) is 0 Å². The van der Waals surface area contributed by atoms with Crippen molar-refractivity contribution in [3.05, 3.63) is 61.2 Å². The SMILES string of the molecule is C=CCCC(=O)OCC(C)(C)NC(=O)C(CC=C)CC(=O)N(CCO)Cc1ccccc1. The molecule has 0 aliphatic rings. The van der Waals surface area contributed by atoms with Crippen LogP contribution in [0.5, 0.6) is 0 Å². The van der Waals surface area contributed by atoms with Crippen LogP contribution < -0.4 is 5.32 Å². The molecule has 7 heteroatoms. The first kappa shape index (κ1) is 27.1. The number of carbonyl (C=O) groups is 3. The Labute approximate surface area is 191 Å². The quantitative estimate of drug-likeness (QED) is 0.320. The lowest BCUT2D eigenvalue weighted by Crippen LogP contribution is -2.50. The average Bonchev–Trinajstić information content (AvgIpc) is 2.76. The fourth-order valence-corrected chi connectivity index (χ4v) is 3.07. The molecule has 0 fully saturated rings. The zero-order valence-corrected chi connectivity index (χ0v) is 19.2. The number of hydrogen-bond acceptors (Lipinski definition) is 5. The minimum Gasteiger partial charge on any atom is -0.463 e. The Morgan fingerprint density at radius 1 is 1.19 bits per heavy atom. The van der Waals surface area contributed by atoms with Crippen LogP contribution in [0.15, 0.2) is 55.6 Å². The van der Waals surface area contributed by atoms with Gasteiger partial charge in [0.2, 0.25) is 11.8 Å². The van der Waals surface area contributed by atoms with Gasteiger partial charge in [0.05, 0.1) is 18.1 Å². The lowest BCUT2D eigenvalue weighted by Gasteiger charge is -2.29. The summed E-state index contributed by atoms with van der Waals surface area (Å²) in [6.07, 6.45) is 4.33. The molecule has 32 heavy (non-hydrogen) atoms. The monoisotopic (exact) mass is 444 g/mol. The van der Waals surface area contributed by atoms with E-state index < -0.39 is 11.5 Å². The summed E-state index contributed by atoms with van der Waals surface area (Å²) in [4.78, 5) is 39.1. The van der Waals surface area contributed by atoms with Crippen LogP contribution in [-0.4, -0.2) is 53.1 Å². The Hall–Kier alpha value is -2.93. The Morgan fingerprint density at radius 3 is 2.47 bits per heavy atom. The number of amides is 2. The van der Waals surface area contributed by atoms with E-state index in [1.54, 1.807) is 30.9 Å². The standard InChI is InChI=1S/C25H36N2O5/c1-5-7-14-23(30)32-19-25(3,4)26-24(31)21(11-6-2)17-22(29)27(15-16-28)18-20-12-9-8-10-13-20/h5-6,8-10,12-13,21,28H,1-2,7,11,14-19H2,3-4H3,(H,26,31). The van der Waals surface area contributed by atoms with Crippen LogP contribution in [0, 0.1) is 5.92 Å². The van der Waals surface area contributed by atoms with Crippen LogP contribution in [0.4, 0.5) is 0 Å². The van der Waals surface area contributed by atoms with E-state index in [0.717, 1.165) is 5.56 Å². The Morgan fingerprint density at radius 2 is 1.88 bits per heavy atom. The number of rotatable bonds is 15. The summed E-state index contributed by atoms with van der Waals surface area (Å²) in [5.74, 6) is -1.51. The normalized spacial score (nSPS) is 11.8. The minimum atomic E-state index is -0.793. The molecule has 1 aromatic rings. The summed E-state index contributed by atoms with van der Waals surface area (Å²) in [6, 6.07) is 9.48. The molecule has 0 saturated heterocycles. The molecule has 1 rings (SSSR count). The van der Waals surface area contributed by atoms with Gasteiger partial charge in [-0.2, -0.15) is 0 Å². The Balaban J connectivity index is 2.74. The molecule has 176 valence electrons. The zero-order valence-electron chi connectivity index (χ0n) is 19.2. The minimum absolute atomic E-state index is 0.0140. The molecule has 1 unspecified atom stereocenters. The number of nitrogens with zero attached hydrogens (tertiary/aromatic N) is 1. The fourth-order valence-electron chi connectivity index (χ4n) is 3.07. The lowest BCUT2D eigenvalue weighted by atomic mass is 9.97. The van der Waals surface area contributed by atoms with E-state index in [2.05, 4.69) is 18.5 Å². The number of hydrogen-bond donors (Lipinski definition) is 2. The number of ether oxygens (including phenoxy) is 1. The summed E-state index contributed by atoms with van der Waals surface area (Å²) in [7, 11) is 0. The molecular weight excluding hydrogens is 408 g/mol. The first-order valence-corrected chi connectivity index (χ1v) is 10.8. The second kappa shape index (κ2) is 14.2. The molecule has 0 radical (unpaired) electrons. The highest BCUT2D eigenvalue weighted by Crippen LogP contribution is 2.16. The number of allylic oxidation sites excluding steroid dienone is 2. The Kier molecular flexibility index (Phi) is 12.0. The van der Waals surface area contributed by atoms with Crippen LogP contribution in [0.3, 0.4) is 0 Å². The highest BCUT2D eigenvalue weighted by Gasteiger charge is 2.29. The molecule has 0 heterocycles. The third-order valence-electron chi connectivity index (χ3n) is 4.79. The van der Waals surface area contributed by atoms with Crippen molar-refractivity contribution in [2.75, 3.05) is 19.8 Å². The predicted octanol–water partition coefficient (Wildman–Crippen LogP) is 2.99. The molecular formula is C25H36N2O5.